The fourth-order valence-electron chi connectivity index (χ4n) is 2.13. The molecule has 21 heavy (non-hydrogen) atoms. The quantitative estimate of drug-likeness (QED) is 0.724. The van der Waals surface area contributed by atoms with Gasteiger partial charge in [-0.05, 0) is 37.2 Å². The van der Waals surface area contributed by atoms with Gasteiger partial charge in [-0.1, -0.05) is 24.3 Å². The van der Waals surface area contributed by atoms with Crippen LogP contribution in [0.15, 0.2) is 42.7 Å². The van der Waals surface area contributed by atoms with E-state index < -0.39 is 0 Å². The van der Waals surface area contributed by atoms with E-state index in [0.717, 1.165) is 25.1 Å². The fourth-order valence-corrected chi connectivity index (χ4v) is 2.13. The number of carbonyl (C=O) groups excluding carboxylic acids is 1. The summed E-state index contributed by atoms with van der Waals surface area (Å²) in [5, 5.41) is 10.2. The predicted molar refractivity (Wildman–Crippen MR) is 82.8 cm³/mol. The van der Waals surface area contributed by atoms with Crippen molar-refractivity contribution < 1.29 is 4.79 Å². The molecule has 0 spiro atoms. The van der Waals surface area contributed by atoms with E-state index in [1.165, 1.54) is 5.56 Å². The monoisotopic (exact) mass is 286 g/mol. The molecule has 0 bridgehead atoms. The van der Waals surface area contributed by atoms with Crippen LogP contribution in [0.2, 0.25) is 0 Å². The molecule has 5 heteroatoms. The summed E-state index contributed by atoms with van der Waals surface area (Å²) in [6, 6.07) is 10.1. The largest absolute Gasteiger partial charge is 0.352 e. The summed E-state index contributed by atoms with van der Waals surface area (Å²) < 4.78 is 1.88. The minimum atomic E-state index is 0.0997. The SMILES string of the molecule is CNCCCC(=O)NCc1cccc(Cn2cccn2)c1. The molecular formula is C16H22N4O. The van der Waals surface area contributed by atoms with E-state index in [0.29, 0.717) is 13.0 Å². The predicted octanol–water partition coefficient (Wildman–Crippen LogP) is 1.55. The number of nitrogens with zero attached hydrogens (tertiary/aromatic N) is 2. The highest BCUT2D eigenvalue weighted by Gasteiger charge is 2.02. The van der Waals surface area contributed by atoms with Crippen LogP contribution in [0, 0.1) is 0 Å². The van der Waals surface area contributed by atoms with E-state index in [9.17, 15) is 4.79 Å². The van der Waals surface area contributed by atoms with Gasteiger partial charge in [-0.15, -0.1) is 0 Å². The number of rotatable bonds is 8. The highest BCUT2D eigenvalue weighted by atomic mass is 16.1. The lowest BCUT2D eigenvalue weighted by atomic mass is 10.1. The molecule has 0 saturated carbocycles. The average Bonchev–Trinajstić information content (AvgIpc) is 2.99. The fraction of sp³-hybridized carbons (Fsp3) is 0.375. The summed E-state index contributed by atoms with van der Waals surface area (Å²) in [5.74, 6) is 0.0997. The Morgan fingerprint density at radius 1 is 1.29 bits per heavy atom. The van der Waals surface area contributed by atoms with Crippen molar-refractivity contribution in [2.75, 3.05) is 13.6 Å². The van der Waals surface area contributed by atoms with Gasteiger partial charge in [0, 0.05) is 25.4 Å². The lowest BCUT2D eigenvalue weighted by Crippen LogP contribution is -2.23. The number of hydrogen-bond donors (Lipinski definition) is 2. The van der Waals surface area contributed by atoms with Crippen molar-refractivity contribution in [3.63, 3.8) is 0 Å². The highest BCUT2D eigenvalue weighted by molar-refractivity contribution is 5.75. The lowest BCUT2D eigenvalue weighted by molar-refractivity contribution is -0.121. The molecule has 0 aliphatic carbocycles. The summed E-state index contributed by atoms with van der Waals surface area (Å²) in [4.78, 5) is 11.7. The van der Waals surface area contributed by atoms with Crippen molar-refractivity contribution in [1.82, 2.24) is 20.4 Å². The van der Waals surface area contributed by atoms with Crippen LogP contribution in [0.25, 0.3) is 0 Å². The van der Waals surface area contributed by atoms with E-state index in [1.807, 2.05) is 36.1 Å². The third kappa shape index (κ3) is 5.39. The Labute approximate surface area is 125 Å². The summed E-state index contributed by atoms with van der Waals surface area (Å²) in [6.45, 7) is 2.19. The Bertz CT molecular complexity index is 551. The van der Waals surface area contributed by atoms with Crippen LogP contribution >= 0.6 is 0 Å². The van der Waals surface area contributed by atoms with Crippen molar-refractivity contribution in [1.29, 1.82) is 0 Å². The third-order valence-electron chi connectivity index (χ3n) is 3.22. The van der Waals surface area contributed by atoms with Crippen LogP contribution in [0.1, 0.15) is 24.0 Å². The first-order chi connectivity index (χ1) is 10.3. The lowest BCUT2D eigenvalue weighted by Gasteiger charge is -2.08. The molecular weight excluding hydrogens is 264 g/mol. The topological polar surface area (TPSA) is 59.0 Å². The van der Waals surface area contributed by atoms with Gasteiger partial charge in [0.25, 0.3) is 0 Å². The minimum absolute atomic E-state index is 0.0997. The second-order valence-corrected chi connectivity index (χ2v) is 5.01. The van der Waals surface area contributed by atoms with Gasteiger partial charge >= 0.3 is 0 Å². The normalized spacial score (nSPS) is 10.5. The molecule has 2 rings (SSSR count). The molecule has 0 atom stereocenters. The Hall–Kier alpha value is -2.14. The zero-order valence-corrected chi connectivity index (χ0v) is 12.4. The van der Waals surface area contributed by atoms with E-state index >= 15 is 0 Å². The standard InChI is InChI=1S/C16H22N4O/c1-17-8-3-7-16(21)18-12-14-5-2-6-15(11-14)13-20-10-4-9-19-20/h2,4-6,9-11,17H,3,7-8,12-13H2,1H3,(H,18,21). The Morgan fingerprint density at radius 2 is 2.14 bits per heavy atom. The second-order valence-electron chi connectivity index (χ2n) is 5.01. The van der Waals surface area contributed by atoms with Crippen LogP contribution in [-0.4, -0.2) is 29.3 Å². The summed E-state index contributed by atoms with van der Waals surface area (Å²) >= 11 is 0. The smallest absolute Gasteiger partial charge is 0.220 e. The summed E-state index contributed by atoms with van der Waals surface area (Å²) in [5.41, 5.74) is 2.29. The summed E-state index contributed by atoms with van der Waals surface area (Å²) in [7, 11) is 1.89. The first kappa shape index (κ1) is 15.3. The van der Waals surface area contributed by atoms with Crippen LogP contribution in [0.3, 0.4) is 0 Å². The molecule has 112 valence electrons. The average molecular weight is 286 g/mol. The second kappa shape index (κ2) is 8.21. The van der Waals surface area contributed by atoms with Crippen LogP contribution in [-0.2, 0) is 17.9 Å². The molecule has 0 radical (unpaired) electrons. The third-order valence-corrected chi connectivity index (χ3v) is 3.22. The first-order valence-corrected chi connectivity index (χ1v) is 7.24. The molecule has 0 saturated heterocycles. The van der Waals surface area contributed by atoms with Gasteiger partial charge in [-0.25, -0.2) is 0 Å². The Balaban J connectivity index is 1.82. The Kier molecular flexibility index (Phi) is 5.97. The van der Waals surface area contributed by atoms with Crippen molar-refractivity contribution in [3.8, 4) is 0 Å². The maximum absolute atomic E-state index is 11.7. The highest BCUT2D eigenvalue weighted by Crippen LogP contribution is 2.07. The molecule has 1 heterocycles. The molecule has 0 aliphatic rings. The van der Waals surface area contributed by atoms with Gasteiger partial charge in [0.2, 0.25) is 5.91 Å². The molecule has 1 amide bonds. The maximum Gasteiger partial charge on any atom is 0.220 e. The van der Waals surface area contributed by atoms with Crippen molar-refractivity contribution >= 4 is 5.91 Å². The zero-order valence-electron chi connectivity index (χ0n) is 12.4. The van der Waals surface area contributed by atoms with Gasteiger partial charge in [-0.3, -0.25) is 9.48 Å². The number of hydrogen-bond acceptors (Lipinski definition) is 3. The first-order valence-electron chi connectivity index (χ1n) is 7.24. The number of amides is 1. The molecule has 0 aliphatic heterocycles. The van der Waals surface area contributed by atoms with Gasteiger partial charge in [0.05, 0.1) is 6.54 Å². The van der Waals surface area contributed by atoms with Crippen molar-refractivity contribution in [2.24, 2.45) is 0 Å². The van der Waals surface area contributed by atoms with Crippen molar-refractivity contribution in [2.45, 2.75) is 25.9 Å². The number of aromatic nitrogens is 2. The van der Waals surface area contributed by atoms with E-state index in [2.05, 4.69) is 27.9 Å². The number of benzene rings is 1. The van der Waals surface area contributed by atoms with Crippen molar-refractivity contribution in [3.05, 3.63) is 53.9 Å². The van der Waals surface area contributed by atoms with Crippen LogP contribution in [0.4, 0.5) is 0 Å². The van der Waals surface area contributed by atoms with E-state index in [4.69, 9.17) is 0 Å². The molecule has 0 unspecified atom stereocenters. The number of nitrogens with one attached hydrogen (secondary N) is 2. The number of carbonyl (C=O) groups is 1. The Morgan fingerprint density at radius 3 is 2.90 bits per heavy atom. The van der Waals surface area contributed by atoms with Gasteiger partial charge in [0.1, 0.15) is 0 Å². The summed E-state index contributed by atoms with van der Waals surface area (Å²) in [6.07, 6.45) is 5.14. The maximum atomic E-state index is 11.7. The minimum Gasteiger partial charge on any atom is -0.352 e. The van der Waals surface area contributed by atoms with Gasteiger partial charge in [-0.2, -0.15) is 5.10 Å². The molecule has 1 aromatic carbocycles. The van der Waals surface area contributed by atoms with Crippen LogP contribution < -0.4 is 10.6 Å². The molecule has 1 aromatic heterocycles. The molecule has 2 N–H and O–H groups in total. The molecule has 5 nitrogen and oxygen atoms in total. The molecule has 0 fully saturated rings. The van der Waals surface area contributed by atoms with E-state index in [-0.39, 0.29) is 5.91 Å². The molecule has 2 aromatic rings. The van der Waals surface area contributed by atoms with Gasteiger partial charge in [0.15, 0.2) is 0 Å². The van der Waals surface area contributed by atoms with E-state index in [1.54, 1.807) is 6.20 Å². The van der Waals surface area contributed by atoms with Crippen LogP contribution in [0.5, 0.6) is 0 Å². The van der Waals surface area contributed by atoms with Gasteiger partial charge < -0.3 is 10.6 Å². The zero-order chi connectivity index (χ0) is 14.9.